The quantitative estimate of drug-likeness (QED) is 0.743. The van der Waals surface area contributed by atoms with E-state index in [2.05, 4.69) is 4.72 Å². The lowest BCUT2D eigenvalue weighted by Gasteiger charge is -2.21. The highest BCUT2D eigenvalue weighted by Gasteiger charge is 2.25. The molecule has 0 aromatic heterocycles. The molecule has 0 bridgehead atoms. The minimum absolute atomic E-state index is 0.0859. The Morgan fingerprint density at radius 1 is 1.14 bits per heavy atom. The molecule has 0 unspecified atom stereocenters. The Balaban J connectivity index is 1.85. The van der Waals surface area contributed by atoms with Gasteiger partial charge in [0, 0.05) is 24.7 Å². The summed E-state index contributed by atoms with van der Waals surface area (Å²) in [5, 5.41) is 0. The number of sulfonamides is 1. The Morgan fingerprint density at radius 2 is 1.90 bits per heavy atom. The van der Waals surface area contributed by atoms with Gasteiger partial charge >= 0.3 is 0 Å². The average Bonchev–Trinajstić information content (AvgIpc) is 3.11. The van der Waals surface area contributed by atoms with Gasteiger partial charge in [0.2, 0.25) is 15.9 Å². The number of aryl methyl sites for hydroxylation is 2. The zero-order valence-corrected chi connectivity index (χ0v) is 18.2. The third kappa shape index (κ3) is 4.46. The van der Waals surface area contributed by atoms with Crippen molar-refractivity contribution in [3.63, 3.8) is 0 Å². The molecule has 7 heteroatoms. The molecular formula is C22H28N2O4S. The van der Waals surface area contributed by atoms with Gasteiger partial charge in [0.05, 0.1) is 12.0 Å². The normalized spacial score (nSPS) is 15.6. The van der Waals surface area contributed by atoms with Crippen molar-refractivity contribution in [3.8, 4) is 5.75 Å². The van der Waals surface area contributed by atoms with Crippen LogP contribution in [-0.4, -0.2) is 28.0 Å². The Labute approximate surface area is 172 Å². The number of nitrogens with zero attached hydrogens (tertiary/aromatic N) is 1. The maximum Gasteiger partial charge on any atom is 0.241 e. The van der Waals surface area contributed by atoms with Crippen LogP contribution >= 0.6 is 0 Å². The van der Waals surface area contributed by atoms with Crippen LogP contribution in [0.25, 0.3) is 0 Å². The number of nitrogens with one attached hydrogen (secondary N) is 1. The molecule has 29 heavy (non-hydrogen) atoms. The average molecular weight is 417 g/mol. The van der Waals surface area contributed by atoms with Gasteiger partial charge < -0.3 is 9.64 Å². The van der Waals surface area contributed by atoms with E-state index in [1.807, 2.05) is 39.0 Å². The number of ether oxygens (including phenoxy) is 1. The van der Waals surface area contributed by atoms with Crippen molar-refractivity contribution >= 4 is 21.6 Å². The van der Waals surface area contributed by atoms with E-state index in [0.29, 0.717) is 19.4 Å². The Kier molecular flexibility index (Phi) is 6.29. The SMILES string of the molecule is CC[C@@H](NS(=O)(=O)c1ccc(N2CCCC2=O)c(C)c1)c1ccc(OC)c(C)c1. The van der Waals surface area contributed by atoms with Gasteiger partial charge in [-0.3, -0.25) is 4.79 Å². The van der Waals surface area contributed by atoms with Crippen molar-refractivity contribution in [3.05, 3.63) is 53.1 Å². The molecule has 1 fully saturated rings. The molecule has 1 aliphatic rings. The zero-order valence-electron chi connectivity index (χ0n) is 17.4. The highest BCUT2D eigenvalue weighted by atomic mass is 32.2. The zero-order chi connectivity index (χ0) is 21.2. The fourth-order valence-electron chi connectivity index (χ4n) is 3.76. The maximum atomic E-state index is 13.0. The lowest BCUT2D eigenvalue weighted by Crippen LogP contribution is -2.29. The number of benzene rings is 2. The summed E-state index contributed by atoms with van der Waals surface area (Å²) in [6.07, 6.45) is 1.99. The van der Waals surface area contributed by atoms with Crippen LogP contribution in [-0.2, 0) is 14.8 Å². The molecule has 2 aromatic rings. The summed E-state index contributed by atoms with van der Waals surface area (Å²) in [5.74, 6) is 0.858. The van der Waals surface area contributed by atoms with E-state index in [9.17, 15) is 13.2 Å². The van der Waals surface area contributed by atoms with Crippen LogP contribution in [0.3, 0.4) is 0 Å². The van der Waals surface area contributed by atoms with Crippen LogP contribution in [0.1, 0.15) is 48.9 Å². The second-order valence-electron chi connectivity index (χ2n) is 7.41. The number of carbonyl (C=O) groups is 1. The smallest absolute Gasteiger partial charge is 0.241 e. The van der Waals surface area contributed by atoms with Gasteiger partial charge in [-0.25, -0.2) is 13.1 Å². The first-order chi connectivity index (χ1) is 13.8. The van der Waals surface area contributed by atoms with Gasteiger partial charge in [-0.05, 0) is 67.6 Å². The largest absolute Gasteiger partial charge is 0.496 e. The maximum absolute atomic E-state index is 13.0. The van der Waals surface area contributed by atoms with E-state index in [1.165, 1.54) is 0 Å². The minimum atomic E-state index is -3.71. The third-order valence-corrected chi connectivity index (χ3v) is 6.84. The fourth-order valence-corrected chi connectivity index (χ4v) is 5.15. The lowest BCUT2D eigenvalue weighted by atomic mass is 10.0. The highest BCUT2D eigenvalue weighted by molar-refractivity contribution is 7.89. The van der Waals surface area contributed by atoms with Crippen LogP contribution in [0.5, 0.6) is 5.75 Å². The van der Waals surface area contributed by atoms with Crippen molar-refractivity contribution in [1.29, 1.82) is 0 Å². The molecule has 0 spiro atoms. The van der Waals surface area contributed by atoms with Crippen LogP contribution in [0.4, 0.5) is 5.69 Å². The number of hydrogen-bond acceptors (Lipinski definition) is 4. The van der Waals surface area contributed by atoms with E-state index in [1.54, 1.807) is 30.2 Å². The van der Waals surface area contributed by atoms with Crippen LogP contribution < -0.4 is 14.4 Å². The fraction of sp³-hybridized carbons (Fsp3) is 0.409. The summed E-state index contributed by atoms with van der Waals surface area (Å²) in [5.41, 5.74) is 3.41. The Morgan fingerprint density at radius 3 is 2.45 bits per heavy atom. The first-order valence-electron chi connectivity index (χ1n) is 9.84. The summed E-state index contributed by atoms with van der Waals surface area (Å²) < 4.78 is 34.1. The van der Waals surface area contributed by atoms with Gasteiger partial charge in [0.25, 0.3) is 0 Å². The van der Waals surface area contributed by atoms with Gasteiger partial charge in [-0.15, -0.1) is 0 Å². The van der Waals surface area contributed by atoms with E-state index < -0.39 is 10.0 Å². The van der Waals surface area contributed by atoms with E-state index in [0.717, 1.165) is 34.5 Å². The molecule has 1 N–H and O–H groups in total. The first-order valence-corrected chi connectivity index (χ1v) is 11.3. The second-order valence-corrected chi connectivity index (χ2v) is 9.12. The number of amides is 1. The number of carbonyl (C=O) groups excluding carboxylic acids is 1. The van der Waals surface area contributed by atoms with E-state index in [-0.39, 0.29) is 16.8 Å². The molecule has 0 aliphatic carbocycles. The molecule has 1 heterocycles. The predicted octanol–water partition coefficient (Wildman–Crippen LogP) is 3.87. The van der Waals surface area contributed by atoms with E-state index >= 15 is 0 Å². The molecule has 6 nitrogen and oxygen atoms in total. The van der Waals surface area contributed by atoms with Gasteiger partial charge in [0.1, 0.15) is 5.75 Å². The summed E-state index contributed by atoms with van der Waals surface area (Å²) in [6.45, 7) is 6.40. The van der Waals surface area contributed by atoms with Crippen molar-refractivity contribution < 1.29 is 17.9 Å². The molecular weight excluding hydrogens is 388 g/mol. The van der Waals surface area contributed by atoms with Crippen molar-refractivity contribution in [1.82, 2.24) is 4.72 Å². The molecule has 1 amide bonds. The lowest BCUT2D eigenvalue weighted by molar-refractivity contribution is -0.117. The highest BCUT2D eigenvalue weighted by Crippen LogP contribution is 2.29. The van der Waals surface area contributed by atoms with Crippen LogP contribution in [0, 0.1) is 13.8 Å². The Bertz CT molecular complexity index is 1020. The van der Waals surface area contributed by atoms with Crippen molar-refractivity contribution in [2.24, 2.45) is 0 Å². The molecule has 0 saturated carbocycles. The molecule has 0 radical (unpaired) electrons. The van der Waals surface area contributed by atoms with Gasteiger partial charge in [-0.1, -0.05) is 19.1 Å². The topological polar surface area (TPSA) is 75.7 Å². The molecule has 1 aliphatic heterocycles. The second kappa shape index (κ2) is 8.55. The summed E-state index contributed by atoms with van der Waals surface area (Å²) >= 11 is 0. The molecule has 156 valence electrons. The number of rotatable bonds is 7. The minimum Gasteiger partial charge on any atom is -0.496 e. The van der Waals surface area contributed by atoms with Crippen molar-refractivity contribution in [2.45, 2.75) is 51.0 Å². The monoisotopic (exact) mass is 416 g/mol. The first kappa shape index (κ1) is 21.3. The summed E-state index contributed by atoms with van der Waals surface area (Å²) in [6, 6.07) is 10.3. The molecule has 1 saturated heterocycles. The Hall–Kier alpha value is -2.38. The van der Waals surface area contributed by atoms with Crippen molar-refractivity contribution in [2.75, 3.05) is 18.6 Å². The number of hydrogen-bond donors (Lipinski definition) is 1. The standard InChI is InChI=1S/C22H28N2O4S/c1-5-19(17-8-11-21(28-4)16(3)13-17)23-29(26,27)18-9-10-20(15(2)14-18)24-12-6-7-22(24)25/h8-11,13-14,19,23H,5-7,12H2,1-4H3/t19-/m1/s1. The van der Waals surface area contributed by atoms with Gasteiger partial charge in [0.15, 0.2) is 0 Å². The number of anilines is 1. The van der Waals surface area contributed by atoms with Gasteiger partial charge in [-0.2, -0.15) is 0 Å². The predicted molar refractivity (Wildman–Crippen MR) is 114 cm³/mol. The molecule has 3 rings (SSSR count). The number of methoxy groups -OCH3 is 1. The summed E-state index contributed by atoms with van der Waals surface area (Å²) in [7, 11) is -2.09. The molecule has 1 atom stereocenters. The van der Waals surface area contributed by atoms with Crippen LogP contribution in [0.15, 0.2) is 41.3 Å². The van der Waals surface area contributed by atoms with E-state index in [4.69, 9.17) is 4.74 Å². The third-order valence-electron chi connectivity index (χ3n) is 5.37. The molecule has 2 aromatic carbocycles. The summed E-state index contributed by atoms with van der Waals surface area (Å²) in [4.78, 5) is 13.9. The van der Waals surface area contributed by atoms with Crippen LogP contribution in [0.2, 0.25) is 0 Å².